The zero-order chi connectivity index (χ0) is 22.3. The van der Waals surface area contributed by atoms with Crippen molar-refractivity contribution in [1.29, 1.82) is 0 Å². The van der Waals surface area contributed by atoms with Gasteiger partial charge in [0.1, 0.15) is 5.01 Å². The molecule has 0 radical (unpaired) electrons. The Morgan fingerprint density at radius 3 is 2.34 bits per heavy atom. The summed E-state index contributed by atoms with van der Waals surface area (Å²) in [5.74, 6) is -0.0230. The van der Waals surface area contributed by atoms with Gasteiger partial charge in [-0.3, -0.25) is 9.59 Å². The van der Waals surface area contributed by atoms with Gasteiger partial charge in [0.05, 0.1) is 5.69 Å². The summed E-state index contributed by atoms with van der Waals surface area (Å²) in [4.78, 5) is 29.2. The van der Waals surface area contributed by atoms with Crippen molar-refractivity contribution in [3.05, 3.63) is 95.4 Å². The van der Waals surface area contributed by atoms with E-state index in [-0.39, 0.29) is 11.7 Å². The number of amides is 1. The molecule has 1 amide bonds. The molecular weight excluding hydrogens is 416 g/mol. The summed E-state index contributed by atoms with van der Waals surface area (Å²) < 4.78 is 0. The maximum atomic E-state index is 12.2. The molecule has 0 saturated carbocycles. The zero-order valence-electron chi connectivity index (χ0n) is 17.9. The van der Waals surface area contributed by atoms with Crippen molar-refractivity contribution >= 4 is 28.7 Å². The van der Waals surface area contributed by atoms with E-state index in [0.29, 0.717) is 24.8 Å². The second kappa shape index (κ2) is 10.2. The summed E-state index contributed by atoms with van der Waals surface area (Å²) in [7, 11) is 0. The number of aryl methyl sites for hydroxylation is 1. The van der Waals surface area contributed by atoms with Gasteiger partial charge in [-0.2, -0.15) is 0 Å². The number of carbonyl (C=O) groups is 2. The lowest BCUT2D eigenvalue weighted by atomic mass is 10.1. The van der Waals surface area contributed by atoms with Gasteiger partial charge < -0.3 is 5.32 Å². The van der Waals surface area contributed by atoms with Crippen molar-refractivity contribution in [2.45, 2.75) is 26.2 Å². The van der Waals surface area contributed by atoms with Crippen LogP contribution in [0.3, 0.4) is 0 Å². The number of hydrogen-bond acceptors (Lipinski definition) is 4. The van der Waals surface area contributed by atoms with E-state index in [1.165, 1.54) is 5.56 Å². The average Bonchev–Trinajstić information content (AvgIpc) is 3.30. The van der Waals surface area contributed by atoms with Crippen LogP contribution in [0.15, 0.2) is 84.2 Å². The maximum Gasteiger partial charge on any atom is 0.224 e. The molecule has 0 atom stereocenters. The highest BCUT2D eigenvalue weighted by Crippen LogP contribution is 2.31. The normalized spacial score (nSPS) is 10.7. The number of carbonyl (C=O) groups excluding carboxylic acids is 2. The molecule has 0 aliphatic carbocycles. The summed E-state index contributed by atoms with van der Waals surface area (Å²) in [5, 5.41) is 5.96. The smallest absolute Gasteiger partial charge is 0.224 e. The molecule has 5 heteroatoms. The Labute approximate surface area is 192 Å². The number of aromatic nitrogens is 1. The fourth-order valence-corrected chi connectivity index (χ4v) is 4.39. The molecule has 1 heterocycles. The van der Waals surface area contributed by atoms with Gasteiger partial charge in [-0.25, -0.2) is 4.98 Å². The third kappa shape index (κ3) is 5.37. The summed E-state index contributed by atoms with van der Waals surface area (Å²) in [5.41, 5.74) is 5.71. The molecule has 4 aromatic rings. The monoisotopic (exact) mass is 440 g/mol. The highest BCUT2D eigenvalue weighted by Gasteiger charge is 2.10. The van der Waals surface area contributed by atoms with Crippen molar-refractivity contribution in [2.75, 3.05) is 5.32 Å². The third-order valence-corrected chi connectivity index (χ3v) is 6.12. The van der Waals surface area contributed by atoms with Gasteiger partial charge in [0.15, 0.2) is 5.78 Å². The molecule has 1 N–H and O–H groups in total. The molecule has 0 unspecified atom stereocenters. The fourth-order valence-electron chi connectivity index (χ4n) is 3.47. The van der Waals surface area contributed by atoms with Crippen LogP contribution in [0.5, 0.6) is 0 Å². The Bertz CT molecular complexity index is 1210. The van der Waals surface area contributed by atoms with Crippen molar-refractivity contribution in [1.82, 2.24) is 4.98 Å². The van der Waals surface area contributed by atoms with Gasteiger partial charge in [-0.05, 0) is 31.0 Å². The van der Waals surface area contributed by atoms with E-state index < -0.39 is 0 Å². The Morgan fingerprint density at radius 2 is 1.59 bits per heavy atom. The maximum absolute atomic E-state index is 12.2. The standard InChI is InChI=1S/C27H24N2O2S/c1-19-8-5-6-11-23(19)27-29-24(18-32-27)20-14-16-22(17-15-20)28-26(31)13-7-12-25(30)21-9-3-2-4-10-21/h2-6,8-11,14-18H,7,12-13H2,1H3,(H,28,31). The van der Waals surface area contributed by atoms with E-state index in [0.717, 1.165) is 27.5 Å². The minimum atomic E-state index is -0.0888. The number of thiazole rings is 1. The van der Waals surface area contributed by atoms with Crippen LogP contribution in [-0.4, -0.2) is 16.7 Å². The van der Waals surface area contributed by atoms with Crippen molar-refractivity contribution < 1.29 is 9.59 Å². The highest BCUT2D eigenvalue weighted by molar-refractivity contribution is 7.13. The summed E-state index contributed by atoms with van der Waals surface area (Å²) in [6, 6.07) is 25.1. The molecule has 0 aliphatic rings. The summed E-state index contributed by atoms with van der Waals surface area (Å²) in [6.45, 7) is 2.09. The van der Waals surface area contributed by atoms with Gasteiger partial charge >= 0.3 is 0 Å². The number of nitrogens with one attached hydrogen (secondary N) is 1. The molecule has 32 heavy (non-hydrogen) atoms. The van der Waals surface area contributed by atoms with E-state index in [1.54, 1.807) is 23.5 Å². The quantitative estimate of drug-likeness (QED) is 0.307. The summed E-state index contributed by atoms with van der Waals surface area (Å²) >= 11 is 1.63. The fraction of sp³-hybridized carbons (Fsp3) is 0.148. The number of ketones is 1. The molecular formula is C27H24N2O2S. The van der Waals surface area contributed by atoms with Crippen LogP contribution >= 0.6 is 11.3 Å². The SMILES string of the molecule is Cc1ccccc1-c1nc(-c2ccc(NC(=O)CCCC(=O)c3ccccc3)cc2)cs1. The molecule has 3 aromatic carbocycles. The largest absolute Gasteiger partial charge is 0.326 e. The highest BCUT2D eigenvalue weighted by atomic mass is 32.1. The van der Waals surface area contributed by atoms with Crippen LogP contribution < -0.4 is 5.32 Å². The number of nitrogens with zero attached hydrogens (tertiary/aromatic N) is 1. The molecule has 0 saturated heterocycles. The minimum absolute atomic E-state index is 0.0658. The van der Waals surface area contributed by atoms with Crippen molar-refractivity contribution in [2.24, 2.45) is 0 Å². The first-order chi connectivity index (χ1) is 15.6. The van der Waals surface area contributed by atoms with Crippen molar-refractivity contribution in [3.8, 4) is 21.8 Å². The molecule has 0 bridgehead atoms. The number of anilines is 1. The number of rotatable bonds is 8. The molecule has 1 aromatic heterocycles. The Balaban J connectivity index is 1.31. The van der Waals surface area contributed by atoms with E-state index in [4.69, 9.17) is 4.98 Å². The molecule has 0 fully saturated rings. The van der Waals surface area contributed by atoms with Crippen LogP contribution in [0.1, 0.15) is 35.2 Å². The number of Topliss-reactive ketones (excluding diaryl/α,β-unsaturated/α-hetero) is 1. The number of benzene rings is 3. The van der Waals surface area contributed by atoms with Crippen LogP contribution in [0.2, 0.25) is 0 Å². The van der Waals surface area contributed by atoms with E-state index in [9.17, 15) is 9.59 Å². The zero-order valence-corrected chi connectivity index (χ0v) is 18.7. The lowest BCUT2D eigenvalue weighted by molar-refractivity contribution is -0.116. The van der Waals surface area contributed by atoms with E-state index in [1.807, 2.05) is 54.6 Å². The summed E-state index contributed by atoms with van der Waals surface area (Å²) in [6.07, 6.45) is 1.20. The minimum Gasteiger partial charge on any atom is -0.326 e. The lowest BCUT2D eigenvalue weighted by Gasteiger charge is -2.06. The molecule has 4 rings (SSSR count). The van der Waals surface area contributed by atoms with Crippen LogP contribution in [0.4, 0.5) is 5.69 Å². The van der Waals surface area contributed by atoms with E-state index in [2.05, 4.69) is 29.8 Å². The Hall–Kier alpha value is -3.57. The van der Waals surface area contributed by atoms with Gasteiger partial charge in [0.2, 0.25) is 5.91 Å². The average molecular weight is 441 g/mol. The van der Waals surface area contributed by atoms with Gasteiger partial charge in [0.25, 0.3) is 0 Å². The van der Waals surface area contributed by atoms with Crippen molar-refractivity contribution in [3.63, 3.8) is 0 Å². The molecule has 0 spiro atoms. The Morgan fingerprint density at radius 1 is 0.875 bits per heavy atom. The lowest BCUT2D eigenvalue weighted by Crippen LogP contribution is -2.12. The second-order valence-corrected chi connectivity index (χ2v) is 8.48. The predicted octanol–water partition coefficient (Wildman–Crippen LogP) is 6.78. The topological polar surface area (TPSA) is 59.1 Å². The first kappa shape index (κ1) is 21.7. The molecule has 0 aliphatic heterocycles. The van der Waals surface area contributed by atoms with Crippen LogP contribution in [0, 0.1) is 6.92 Å². The first-order valence-electron chi connectivity index (χ1n) is 10.6. The van der Waals surface area contributed by atoms with Crippen LogP contribution in [0.25, 0.3) is 21.8 Å². The Kier molecular flexibility index (Phi) is 6.87. The molecule has 160 valence electrons. The predicted molar refractivity (Wildman–Crippen MR) is 131 cm³/mol. The van der Waals surface area contributed by atoms with Gasteiger partial charge in [-0.15, -0.1) is 11.3 Å². The van der Waals surface area contributed by atoms with Gasteiger partial charge in [0, 0.05) is 40.6 Å². The van der Waals surface area contributed by atoms with E-state index >= 15 is 0 Å². The number of hydrogen-bond donors (Lipinski definition) is 1. The third-order valence-electron chi connectivity index (χ3n) is 5.25. The second-order valence-electron chi connectivity index (χ2n) is 7.62. The first-order valence-corrected chi connectivity index (χ1v) is 11.5. The molecule has 4 nitrogen and oxygen atoms in total. The van der Waals surface area contributed by atoms with Crippen LogP contribution in [-0.2, 0) is 4.79 Å². The van der Waals surface area contributed by atoms with Gasteiger partial charge in [-0.1, -0.05) is 66.7 Å².